The van der Waals surface area contributed by atoms with Gasteiger partial charge >= 0.3 is 5.97 Å². The Morgan fingerprint density at radius 1 is 0.962 bits per heavy atom. The van der Waals surface area contributed by atoms with Crippen LogP contribution in [0.1, 0.15) is 64.7 Å². The van der Waals surface area contributed by atoms with E-state index in [2.05, 4.69) is 72.6 Å². The topological polar surface area (TPSA) is 102 Å². The van der Waals surface area contributed by atoms with Gasteiger partial charge in [-0.3, -0.25) is 14.4 Å². The Labute approximate surface area is 305 Å². The van der Waals surface area contributed by atoms with Gasteiger partial charge in [0.25, 0.3) is 5.91 Å². The predicted molar refractivity (Wildman–Crippen MR) is 209 cm³/mol. The van der Waals surface area contributed by atoms with Crippen LogP contribution in [-0.4, -0.2) is 61.0 Å². The molecule has 268 valence electrons. The van der Waals surface area contributed by atoms with Gasteiger partial charge in [-0.2, -0.15) is 0 Å². The highest BCUT2D eigenvalue weighted by Gasteiger charge is 2.32. The van der Waals surface area contributed by atoms with Crippen LogP contribution >= 0.6 is 0 Å². The molecule has 52 heavy (non-hydrogen) atoms. The van der Waals surface area contributed by atoms with Crippen molar-refractivity contribution in [2.45, 2.75) is 57.5 Å². The normalized spacial score (nSPS) is 15.5. The minimum absolute atomic E-state index is 0.0342. The van der Waals surface area contributed by atoms with Gasteiger partial charge in [-0.15, -0.1) is 0 Å². The summed E-state index contributed by atoms with van der Waals surface area (Å²) in [5.41, 5.74) is 7.07. The fraction of sp³-hybridized carbons (Fsp3) is 0.295. The number of carboxylic acids is 1. The van der Waals surface area contributed by atoms with Gasteiger partial charge < -0.3 is 25.5 Å². The minimum atomic E-state index is -1.02. The number of anilines is 2. The van der Waals surface area contributed by atoms with E-state index in [1.54, 1.807) is 11.0 Å². The largest absolute Gasteiger partial charge is 0.481 e. The lowest BCUT2D eigenvalue weighted by atomic mass is 9.88. The summed E-state index contributed by atoms with van der Waals surface area (Å²) < 4.78 is 0. The molecule has 0 fully saturated rings. The number of hydrogen-bond acceptors (Lipinski definition) is 5. The van der Waals surface area contributed by atoms with Gasteiger partial charge in [0, 0.05) is 17.8 Å². The Bertz CT molecular complexity index is 2210. The zero-order chi connectivity index (χ0) is 36.6. The van der Waals surface area contributed by atoms with E-state index in [4.69, 9.17) is 5.11 Å². The Hall–Kier alpha value is -5.47. The molecule has 3 N–H and O–H groups in total. The molecule has 0 radical (unpaired) electrons. The van der Waals surface area contributed by atoms with Crippen molar-refractivity contribution in [2.75, 3.05) is 37.4 Å². The Balaban J connectivity index is 0.000000181. The third-order valence-corrected chi connectivity index (χ3v) is 9.98. The molecule has 0 bridgehead atoms. The van der Waals surface area contributed by atoms with Crippen LogP contribution in [0.15, 0.2) is 85.4 Å². The van der Waals surface area contributed by atoms with Gasteiger partial charge in [-0.05, 0) is 127 Å². The van der Waals surface area contributed by atoms with Crippen molar-refractivity contribution in [1.29, 1.82) is 0 Å². The van der Waals surface area contributed by atoms with Crippen LogP contribution < -0.4 is 26.0 Å². The van der Waals surface area contributed by atoms with Crippen LogP contribution in [0.3, 0.4) is 0 Å². The highest BCUT2D eigenvalue weighted by atomic mass is 16.4. The summed E-state index contributed by atoms with van der Waals surface area (Å²) in [5.74, 6) is -1.24. The van der Waals surface area contributed by atoms with E-state index in [0.29, 0.717) is 6.54 Å². The Morgan fingerprint density at radius 3 is 2.56 bits per heavy atom. The van der Waals surface area contributed by atoms with Crippen LogP contribution in [0.4, 0.5) is 11.4 Å². The number of carbonyl (C=O) groups is 3. The summed E-state index contributed by atoms with van der Waals surface area (Å²) >= 11 is 0. The van der Waals surface area contributed by atoms with Crippen LogP contribution in [0.5, 0.6) is 0 Å². The summed E-state index contributed by atoms with van der Waals surface area (Å²) in [7, 11) is 4.16. The first kappa shape index (κ1) is 36.3. The van der Waals surface area contributed by atoms with Crippen molar-refractivity contribution in [3.05, 3.63) is 134 Å². The molecule has 0 saturated carbocycles. The number of hydrogen-bond donors (Lipinski definition) is 3. The molecular weight excluding hydrogens is 649 g/mol. The number of para-hydroxylation sites is 2. The van der Waals surface area contributed by atoms with Crippen LogP contribution in [0.2, 0.25) is 0 Å². The fourth-order valence-electron chi connectivity index (χ4n) is 7.31. The van der Waals surface area contributed by atoms with Crippen LogP contribution in [-0.2, 0) is 29.0 Å². The molecule has 2 amide bonds. The molecule has 3 aliphatic rings. The van der Waals surface area contributed by atoms with Crippen molar-refractivity contribution in [3.63, 3.8) is 0 Å². The third-order valence-electron chi connectivity index (χ3n) is 9.98. The lowest BCUT2D eigenvalue weighted by Gasteiger charge is -2.25. The Morgan fingerprint density at radius 2 is 1.75 bits per heavy atom. The van der Waals surface area contributed by atoms with E-state index in [1.807, 2.05) is 54.6 Å². The standard InChI is InChI=1S/C25H30N2O.C19H18N2O3/c1-27(2)16-6-5-15-26-25(28)20-11-12-22-19(17-20)10-14-23-21-8-4-3-7-18(21)9-13-24(22)23;1-2-13-7-4-6-10-17(13)21-12-14-8-3-5-9-15(14)20-16(19(21)24)11-18(22)23/h7,9-13,17H,3-6,8,14-16H2,1-2H3,(H,26,28);2-10,16,20H,1,11-12H2,(H,22,23). The molecule has 0 aromatic heterocycles. The molecule has 0 saturated heterocycles. The molecule has 1 aliphatic heterocycles. The highest BCUT2D eigenvalue weighted by molar-refractivity contribution is 6.03. The fourth-order valence-corrected chi connectivity index (χ4v) is 7.31. The number of unbranched alkanes of at least 4 members (excludes halogenated alkanes) is 1. The number of carboxylic acid groups (broad SMARTS) is 1. The van der Waals surface area contributed by atoms with Gasteiger partial charge in [0.05, 0.1) is 18.7 Å². The lowest BCUT2D eigenvalue weighted by molar-refractivity contribution is -0.138. The molecule has 4 aromatic rings. The van der Waals surface area contributed by atoms with E-state index in [-0.39, 0.29) is 18.2 Å². The van der Waals surface area contributed by atoms with Crippen LogP contribution in [0.25, 0.3) is 18.2 Å². The number of carbonyl (C=O) groups excluding carboxylic acids is 2. The lowest BCUT2D eigenvalue weighted by Crippen LogP contribution is -2.42. The molecular formula is C44H48N4O4. The van der Waals surface area contributed by atoms with Crippen molar-refractivity contribution >= 4 is 47.4 Å². The SMILES string of the molecule is C=Cc1ccccc1N1Cc2ccccc2NC(CC(=O)O)C1=O.CN(C)CCCCNC(=O)c1ccc2c(c1)=CCc1c3c(ccc1=2)=CCCC3. The Kier molecular flexibility index (Phi) is 11.7. The molecule has 0 spiro atoms. The van der Waals surface area contributed by atoms with Crippen molar-refractivity contribution in [2.24, 2.45) is 0 Å². The molecule has 2 aliphatic carbocycles. The number of nitrogens with one attached hydrogen (secondary N) is 2. The molecule has 8 heteroatoms. The maximum absolute atomic E-state index is 13.0. The highest BCUT2D eigenvalue weighted by Crippen LogP contribution is 2.30. The smallest absolute Gasteiger partial charge is 0.305 e. The first-order valence-electron chi connectivity index (χ1n) is 18.2. The number of nitrogens with zero attached hydrogens (tertiary/aromatic N) is 2. The summed E-state index contributed by atoms with van der Waals surface area (Å²) in [6, 6.07) is 24.9. The van der Waals surface area contributed by atoms with Gasteiger partial charge in [-0.1, -0.05) is 79.4 Å². The second-order valence-electron chi connectivity index (χ2n) is 13.9. The quantitative estimate of drug-likeness (QED) is 0.186. The van der Waals surface area contributed by atoms with E-state index in [9.17, 15) is 14.4 Å². The maximum Gasteiger partial charge on any atom is 0.305 e. The number of rotatable bonds is 10. The predicted octanol–water partition coefficient (Wildman–Crippen LogP) is 5.63. The molecule has 7 rings (SSSR count). The van der Waals surface area contributed by atoms with Gasteiger partial charge in [0.1, 0.15) is 6.04 Å². The summed E-state index contributed by atoms with van der Waals surface area (Å²) in [6.07, 6.45) is 12.8. The van der Waals surface area contributed by atoms with Gasteiger partial charge in [0.15, 0.2) is 0 Å². The number of fused-ring (bicyclic) bond motifs is 5. The summed E-state index contributed by atoms with van der Waals surface area (Å²) in [5, 5.41) is 20.5. The van der Waals surface area contributed by atoms with Crippen molar-refractivity contribution in [3.8, 4) is 0 Å². The van der Waals surface area contributed by atoms with Crippen LogP contribution in [0, 0.1) is 10.4 Å². The maximum atomic E-state index is 13.0. The average molecular weight is 697 g/mol. The third kappa shape index (κ3) is 8.35. The molecule has 1 heterocycles. The molecule has 8 nitrogen and oxygen atoms in total. The number of amides is 2. The summed E-state index contributed by atoms with van der Waals surface area (Å²) in [6.45, 7) is 5.97. The molecule has 1 unspecified atom stereocenters. The van der Waals surface area contributed by atoms with Crippen molar-refractivity contribution < 1.29 is 19.5 Å². The second kappa shape index (κ2) is 16.7. The van der Waals surface area contributed by atoms with Crippen molar-refractivity contribution in [1.82, 2.24) is 10.2 Å². The summed E-state index contributed by atoms with van der Waals surface area (Å²) in [4.78, 5) is 40.5. The molecule has 4 aromatic carbocycles. The van der Waals surface area contributed by atoms with E-state index in [1.165, 1.54) is 51.3 Å². The average Bonchev–Trinajstić information content (AvgIpc) is 3.29. The first-order chi connectivity index (χ1) is 25.2. The monoisotopic (exact) mass is 696 g/mol. The second-order valence-corrected chi connectivity index (χ2v) is 13.9. The van der Waals surface area contributed by atoms with E-state index >= 15 is 0 Å². The van der Waals surface area contributed by atoms with E-state index < -0.39 is 12.0 Å². The molecule has 1 atom stereocenters. The van der Waals surface area contributed by atoms with Gasteiger partial charge in [-0.25, -0.2) is 0 Å². The zero-order valence-corrected chi connectivity index (χ0v) is 30.2. The number of aliphatic carboxylic acids is 1. The van der Waals surface area contributed by atoms with E-state index in [0.717, 1.165) is 60.4 Å². The number of benzene rings is 4. The minimum Gasteiger partial charge on any atom is -0.481 e. The van der Waals surface area contributed by atoms with Gasteiger partial charge in [0.2, 0.25) is 5.91 Å². The first-order valence-corrected chi connectivity index (χ1v) is 18.2. The zero-order valence-electron chi connectivity index (χ0n) is 30.2.